The average Bonchev–Trinajstić information content (AvgIpc) is 3.04. The maximum Gasteiger partial charge on any atom is 0.185 e. The second-order valence-corrected chi connectivity index (χ2v) is 6.37. The van der Waals surface area contributed by atoms with Crippen molar-refractivity contribution >= 4 is 23.1 Å². The summed E-state index contributed by atoms with van der Waals surface area (Å²) in [6, 6.07) is 15.2. The molecule has 0 spiro atoms. The lowest BCUT2D eigenvalue weighted by Gasteiger charge is -2.36. The van der Waals surface area contributed by atoms with Gasteiger partial charge < -0.3 is 5.32 Å². The molecular formula is C19H16ClNO. The van der Waals surface area contributed by atoms with Crippen LogP contribution < -0.4 is 5.32 Å². The van der Waals surface area contributed by atoms with E-state index in [-0.39, 0.29) is 23.7 Å². The van der Waals surface area contributed by atoms with Gasteiger partial charge in [-0.3, -0.25) is 4.79 Å². The van der Waals surface area contributed by atoms with Gasteiger partial charge in [-0.2, -0.15) is 0 Å². The number of hydrogen-bond acceptors (Lipinski definition) is 2. The number of rotatable bonds is 2. The van der Waals surface area contributed by atoms with Crippen molar-refractivity contribution in [3.63, 3.8) is 0 Å². The van der Waals surface area contributed by atoms with Gasteiger partial charge in [-0.05, 0) is 30.2 Å². The van der Waals surface area contributed by atoms with Crippen molar-refractivity contribution in [3.05, 3.63) is 76.8 Å². The Morgan fingerprint density at radius 3 is 2.77 bits per heavy atom. The number of anilines is 1. The van der Waals surface area contributed by atoms with E-state index in [1.807, 2.05) is 48.5 Å². The highest BCUT2D eigenvalue weighted by molar-refractivity contribution is 6.30. The zero-order chi connectivity index (χ0) is 15.1. The number of allylic oxidation sites excluding steroid dienone is 2. The number of halogens is 1. The summed E-state index contributed by atoms with van der Waals surface area (Å²) in [7, 11) is 0. The molecule has 0 bridgehead atoms. The topological polar surface area (TPSA) is 29.1 Å². The van der Waals surface area contributed by atoms with E-state index in [4.69, 9.17) is 11.6 Å². The van der Waals surface area contributed by atoms with Crippen LogP contribution in [-0.2, 0) is 0 Å². The lowest BCUT2D eigenvalue weighted by molar-refractivity contribution is 0.0938. The number of hydrogen-bond donors (Lipinski definition) is 1. The van der Waals surface area contributed by atoms with Gasteiger partial charge in [-0.1, -0.05) is 54.1 Å². The zero-order valence-electron chi connectivity index (χ0n) is 12.0. The normalized spacial score (nSPS) is 25.2. The predicted molar refractivity (Wildman–Crippen MR) is 89.6 cm³/mol. The molecule has 0 aromatic heterocycles. The Morgan fingerprint density at radius 1 is 1.14 bits per heavy atom. The van der Waals surface area contributed by atoms with Crippen LogP contribution in [0.1, 0.15) is 28.3 Å². The Kier molecular flexibility index (Phi) is 3.27. The number of ketones is 1. The molecule has 0 radical (unpaired) electrons. The van der Waals surface area contributed by atoms with Crippen molar-refractivity contribution in [2.45, 2.75) is 18.4 Å². The van der Waals surface area contributed by atoms with E-state index in [1.54, 1.807) is 0 Å². The first-order valence-corrected chi connectivity index (χ1v) is 7.94. The molecule has 1 aliphatic heterocycles. The Balaban J connectivity index is 1.74. The summed E-state index contributed by atoms with van der Waals surface area (Å²) in [5.74, 6) is 0.700. The minimum absolute atomic E-state index is 0.167. The highest BCUT2D eigenvalue weighted by atomic mass is 35.5. The average molecular weight is 310 g/mol. The lowest BCUT2D eigenvalue weighted by Crippen LogP contribution is -2.42. The molecule has 0 unspecified atom stereocenters. The first kappa shape index (κ1) is 13.6. The van der Waals surface area contributed by atoms with Crippen molar-refractivity contribution in [3.8, 4) is 0 Å². The van der Waals surface area contributed by atoms with E-state index in [2.05, 4.69) is 17.5 Å². The molecule has 2 aromatic carbocycles. The Labute approximate surface area is 134 Å². The summed E-state index contributed by atoms with van der Waals surface area (Å²) in [6.07, 6.45) is 5.32. The summed E-state index contributed by atoms with van der Waals surface area (Å²) in [6.45, 7) is 0. The van der Waals surface area contributed by atoms with Crippen molar-refractivity contribution in [2.24, 2.45) is 5.92 Å². The number of fused-ring (bicyclic) bond motifs is 3. The molecule has 22 heavy (non-hydrogen) atoms. The third-order valence-electron chi connectivity index (χ3n) is 4.67. The number of Topliss-reactive ketones (excluding diaryl/α,β-unsaturated/α-hetero) is 1. The van der Waals surface area contributed by atoms with Crippen LogP contribution in [0.3, 0.4) is 0 Å². The van der Waals surface area contributed by atoms with Crippen LogP contribution in [0.5, 0.6) is 0 Å². The summed E-state index contributed by atoms with van der Waals surface area (Å²) >= 11 is 6.14. The van der Waals surface area contributed by atoms with Crippen LogP contribution in [0.25, 0.3) is 0 Å². The maximum absolute atomic E-state index is 12.9. The Morgan fingerprint density at radius 2 is 1.95 bits per heavy atom. The number of carbonyl (C=O) groups is 1. The molecule has 110 valence electrons. The van der Waals surface area contributed by atoms with Crippen molar-refractivity contribution in [2.75, 3.05) is 5.32 Å². The predicted octanol–water partition coefficient (Wildman–Crippen LogP) is 4.68. The molecule has 2 aromatic rings. The summed E-state index contributed by atoms with van der Waals surface area (Å²) in [4.78, 5) is 12.9. The minimum Gasteiger partial charge on any atom is -0.374 e. The summed E-state index contributed by atoms with van der Waals surface area (Å²) in [5, 5.41) is 4.19. The summed E-state index contributed by atoms with van der Waals surface area (Å²) in [5.41, 5.74) is 2.98. The van der Waals surface area contributed by atoms with E-state index in [9.17, 15) is 4.79 Å². The van der Waals surface area contributed by atoms with Gasteiger partial charge in [-0.25, -0.2) is 0 Å². The van der Waals surface area contributed by atoms with Crippen LogP contribution in [0.15, 0.2) is 60.7 Å². The van der Waals surface area contributed by atoms with Crippen LogP contribution in [0, 0.1) is 5.92 Å². The van der Waals surface area contributed by atoms with E-state index in [0.29, 0.717) is 0 Å². The maximum atomic E-state index is 12.9. The van der Waals surface area contributed by atoms with Gasteiger partial charge in [0.2, 0.25) is 0 Å². The van der Waals surface area contributed by atoms with Gasteiger partial charge in [0, 0.05) is 28.1 Å². The molecule has 1 N–H and O–H groups in total. The monoisotopic (exact) mass is 309 g/mol. The van der Waals surface area contributed by atoms with Crippen LogP contribution in [-0.4, -0.2) is 11.8 Å². The van der Waals surface area contributed by atoms with Gasteiger partial charge in [0.05, 0.1) is 6.04 Å². The van der Waals surface area contributed by atoms with Gasteiger partial charge >= 0.3 is 0 Å². The summed E-state index contributed by atoms with van der Waals surface area (Å²) < 4.78 is 0. The molecule has 2 aliphatic rings. The molecule has 0 saturated carbocycles. The highest BCUT2D eigenvalue weighted by Gasteiger charge is 2.40. The second kappa shape index (κ2) is 5.29. The Bertz CT molecular complexity index is 753. The van der Waals surface area contributed by atoms with Gasteiger partial charge in [0.25, 0.3) is 0 Å². The van der Waals surface area contributed by atoms with Gasteiger partial charge in [0.15, 0.2) is 5.78 Å². The lowest BCUT2D eigenvalue weighted by atomic mass is 9.77. The molecule has 4 rings (SSSR count). The molecule has 1 aliphatic carbocycles. The largest absolute Gasteiger partial charge is 0.374 e. The standard InChI is InChI=1S/C19H16ClNO/c20-13-9-10-17-16(11-13)14-7-4-8-15(14)18(21-17)19(22)12-5-2-1-3-6-12/h1-7,9-11,14-15,18,21H,8H2/t14-,15+,18-/m0/s1. The number of carbonyl (C=O) groups excluding carboxylic acids is 1. The highest BCUT2D eigenvalue weighted by Crippen LogP contribution is 2.45. The third-order valence-corrected chi connectivity index (χ3v) is 4.90. The molecular weight excluding hydrogens is 294 g/mol. The van der Waals surface area contributed by atoms with Crippen LogP contribution in [0.4, 0.5) is 5.69 Å². The molecule has 3 atom stereocenters. The number of nitrogens with one attached hydrogen (secondary N) is 1. The van der Waals surface area contributed by atoms with Gasteiger partial charge in [0.1, 0.15) is 0 Å². The van der Waals surface area contributed by atoms with Gasteiger partial charge in [-0.15, -0.1) is 0 Å². The Hall–Kier alpha value is -2.06. The van der Waals surface area contributed by atoms with E-state index in [0.717, 1.165) is 22.7 Å². The molecule has 0 fully saturated rings. The third kappa shape index (κ3) is 2.15. The smallest absolute Gasteiger partial charge is 0.185 e. The fraction of sp³-hybridized carbons (Fsp3) is 0.211. The molecule has 0 amide bonds. The SMILES string of the molecule is O=C(c1ccccc1)[C@H]1Nc2ccc(Cl)cc2[C@H]2C=CC[C@@H]12. The fourth-order valence-electron chi connectivity index (χ4n) is 3.61. The zero-order valence-corrected chi connectivity index (χ0v) is 12.8. The van der Waals surface area contributed by atoms with Crippen LogP contribution in [0.2, 0.25) is 5.02 Å². The van der Waals surface area contributed by atoms with E-state index in [1.165, 1.54) is 5.56 Å². The molecule has 1 heterocycles. The van der Waals surface area contributed by atoms with E-state index < -0.39 is 0 Å². The first-order chi connectivity index (χ1) is 10.7. The molecule has 3 heteroatoms. The fourth-order valence-corrected chi connectivity index (χ4v) is 3.79. The van der Waals surface area contributed by atoms with Crippen LogP contribution >= 0.6 is 11.6 Å². The molecule has 2 nitrogen and oxygen atoms in total. The second-order valence-electron chi connectivity index (χ2n) is 5.94. The van der Waals surface area contributed by atoms with Crippen molar-refractivity contribution in [1.29, 1.82) is 0 Å². The van der Waals surface area contributed by atoms with E-state index >= 15 is 0 Å². The van der Waals surface area contributed by atoms with Crippen molar-refractivity contribution in [1.82, 2.24) is 0 Å². The number of benzene rings is 2. The minimum atomic E-state index is -0.184. The first-order valence-electron chi connectivity index (χ1n) is 7.56. The molecule has 0 saturated heterocycles. The van der Waals surface area contributed by atoms with Crippen molar-refractivity contribution < 1.29 is 4.79 Å². The quantitative estimate of drug-likeness (QED) is 0.645.